The molecule has 1 atom stereocenters. The van der Waals surface area contributed by atoms with Crippen molar-refractivity contribution >= 4 is 0 Å². The van der Waals surface area contributed by atoms with Crippen LogP contribution in [0.15, 0.2) is 0 Å². The summed E-state index contributed by atoms with van der Waals surface area (Å²) < 4.78 is 10.8. The normalized spacial score (nSPS) is 24.2. The van der Waals surface area contributed by atoms with Gasteiger partial charge < -0.3 is 9.47 Å². The van der Waals surface area contributed by atoms with Crippen molar-refractivity contribution < 1.29 is 9.47 Å². The molecule has 3 nitrogen and oxygen atoms in total. The Kier molecular flexibility index (Phi) is 5.32. The van der Waals surface area contributed by atoms with Gasteiger partial charge in [0.2, 0.25) is 0 Å². The van der Waals surface area contributed by atoms with E-state index in [9.17, 15) is 0 Å². The van der Waals surface area contributed by atoms with Crippen LogP contribution in [0.4, 0.5) is 0 Å². The maximum Gasteiger partial charge on any atom is 0.171 e. The Hall–Kier alpha value is -0.120. The Labute approximate surface area is 74.4 Å². The largest absolute Gasteiger partial charge is 0.351 e. The minimum absolute atomic E-state index is 0.0596. The lowest BCUT2D eigenvalue weighted by Crippen LogP contribution is -2.36. The quantitative estimate of drug-likeness (QED) is 0.583. The summed E-state index contributed by atoms with van der Waals surface area (Å²) in [7, 11) is 0. The zero-order valence-corrected chi connectivity index (χ0v) is 7.79. The van der Waals surface area contributed by atoms with Gasteiger partial charge in [0.15, 0.2) is 6.29 Å². The molecule has 0 aromatic carbocycles. The van der Waals surface area contributed by atoms with Crippen molar-refractivity contribution in [1.82, 2.24) is 5.32 Å². The number of nitrogens with zero attached hydrogens (tertiary/aromatic N) is 1. The van der Waals surface area contributed by atoms with Crippen molar-refractivity contribution in [3.63, 3.8) is 0 Å². The van der Waals surface area contributed by atoms with Gasteiger partial charge in [-0.1, -0.05) is 19.8 Å². The Morgan fingerprint density at radius 2 is 2.42 bits per heavy atom. The lowest BCUT2D eigenvalue weighted by Gasteiger charge is -2.22. The fraction of sp³-hybridized carbons (Fsp3) is 1.00. The summed E-state index contributed by atoms with van der Waals surface area (Å²) in [6.45, 7) is 5.26. The Morgan fingerprint density at radius 3 is 3.08 bits per heavy atom. The van der Waals surface area contributed by atoms with Gasteiger partial charge in [0.1, 0.15) is 0 Å². The summed E-state index contributed by atoms with van der Waals surface area (Å²) in [4.78, 5) is 0. The molecule has 1 aliphatic heterocycles. The molecule has 0 saturated carbocycles. The summed E-state index contributed by atoms with van der Waals surface area (Å²) in [5.74, 6) is 0. The third kappa shape index (κ3) is 4.04. The fourth-order valence-corrected chi connectivity index (χ4v) is 1.17. The van der Waals surface area contributed by atoms with Crippen LogP contribution in [0, 0.1) is 0 Å². The Bertz CT molecular complexity index is 103. The van der Waals surface area contributed by atoms with E-state index in [0.717, 1.165) is 26.2 Å². The molecule has 0 aromatic heterocycles. The standard InChI is InChI=1S/C9H18NO2/c1-2-3-4-6-11-9-8-10-5-7-12-9/h9H,2-8H2,1H3. The molecule has 0 aliphatic carbocycles. The van der Waals surface area contributed by atoms with Crippen LogP contribution in [0.2, 0.25) is 0 Å². The molecule has 1 radical (unpaired) electrons. The SMILES string of the molecule is CCCCCOC1C[N]CCO1. The van der Waals surface area contributed by atoms with Gasteiger partial charge in [0, 0.05) is 13.2 Å². The zero-order chi connectivity index (χ0) is 8.65. The van der Waals surface area contributed by atoms with Crippen molar-refractivity contribution in [1.29, 1.82) is 0 Å². The molecule has 3 heteroatoms. The first kappa shape index (κ1) is 9.96. The first-order valence-electron chi connectivity index (χ1n) is 4.80. The van der Waals surface area contributed by atoms with E-state index in [4.69, 9.17) is 9.47 Å². The molecular weight excluding hydrogens is 154 g/mol. The minimum atomic E-state index is -0.0596. The first-order valence-corrected chi connectivity index (χ1v) is 4.80. The van der Waals surface area contributed by atoms with Crippen LogP contribution in [0.1, 0.15) is 26.2 Å². The lowest BCUT2D eigenvalue weighted by atomic mass is 10.3. The van der Waals surface area contributed by atoms with E-state index >= 15 is 0 Å². The molecule has 0 aromatic rings. The second kappa shape index (κ2) is 6.40. The summed E-state index contributed by atoms with van der Waals surface area (Å²) in [6, 6.07) is 0. The molecule has 1 aliphatic rings. The first-order chi connectivity index (χ1) is 5.93. The minimum Gasteiger partial charge on any atom is -0.351 e. The van der Waals surface area contributed by atoms with Crippen LogP contribution >= 0.6 is 0 Å². The van der Waals surface area contributed by atoms with Crippen LogP contribution in [0.5, 0.6) is 0 Å². The van der Waals surface area contributed by atoms with Gasteiger partial charge in [-0.3, -0.25) is 0 Å². The van der Waals surface area contributed by atoms with Crippen molar-refractivity contribution in [2.24, 2.45) is 0 Å². The second-order valence-electron chi connectivity index (χ2n) is 3.01. The zero-order valence-electron chi connectivity index (χ0n) is 7.79. The van der Waals surface area contributed by atoms with Crippen LogP contribution in [-0.2, 0) is 9.47 Å². The maximum absolute atomic E-state index is 5.47. The molecule has 71 valence electrons. The summed E-state index contributed by atoms with van der Waals surface area (Å²) in [6.07, 6.45) is 3.55. The summed E-state index contributed by atoms with van der Waals surface area (Å²) >= 11 is 0. The number of rotatable bonds is 5. The van der Waals surface area contributed by atoms with Gasteiger partial charge >= 0.3 is 0 Å². The van der Waals surface area contributed by atoms with Crippen LogP contribution in [-0.4, -0.2) is 32.6 Å². The molecular formula is C9H18NO2. The number of unbranched alkanes of at least 4 members (excludes halogenated alkanes) is 2. The second-order valence-corrected chi connectivity index (χ2v) is 3.01. The highest BCUT2D eigenvalue weighted by molar-refractivity contribution is 4.57. The fourth-order valence-electron chi connectivity index (χ4n) is 1.17. The average Bonchev–Trinajstić information content (AvgIpc) is 2.14. The maximum atomic E-state index is 5.47. The van der Waals surface area contributed by atoms with E-state index in [1.54, 1.807) is 0 Å². The number of hydrogen-bond donors (Lipinski definition) is 0. The van der Waals surface area contributed by atoms with Gasteiger partial charge in [-0.15, -0.1) is 0 Å². The molecule has 1 saturated heterocycles. The van der Waals surface area contributed by atoms with Crippen molar-refractivity contribution in [3.8, 4) is 0 Å². The van der Waals surface area contributed by atoms with Gasteiger partial charge in [-0.25, -0.2) is 5.32 Å². The molecule has 1 heterocycles. The smallest absolute Gasteiger partial charge is 0.171 e. The van der Waals surface area contributed by atoms with Crippen LogP contribution in [0.3, 0.4) is 0 Å². The van der Waals surface area contributed by atoms with E-state index in [2.05, 4.69) is 12.2 Å². The highest BCUT2D eigenvalue weighted by atomic mass is 16.7. The predicted molar refractivity (Wildman–Crippen MR) is 47.1 cm³/mol. The van der Waals surface area contributed by atoms with Gasteiger partial charge in [0.05, 0.1) is 13.2 Å². The Balaban J connectivity index is 1.91. The highest BCUT2D eigenvalue weighted by Crippen LogP contribution is 2.01. The molecule has 12 heavy (non-hydrogen) atoms. The van der Waals surface area contributed by atoms with Crippen molar-refractivity contribution in [2.45, 2.75) is 32.5 Å². The molecule has 1 unspecified atom stereocenters. The number of ether oxygens (including phenoxy) is 2. The molecule has 0 amide bonds. The van der Waals surface area contributed by atoms with E-state index in [1.807, 2.05) is 0 Å². The molecule has 1 rings (SSSR count). The number of morpholine rings is 1. The lowest BCUT2D eigenvalue weighted by molar-refractivity contribution is -0.154. The molecule has 0 bridgehead atoms. The van der Waals surface area contributed by atoms with Crippen LogP contribution in [0.25, 0.3) is 0 Å². The number of hydrogen-bond acceptors (Lipinski definition) is 2. The van der Waals surface area contributed by atoms with Gasteiger partial charge in [-0.05, 0) is 6.42 Å². The van der Waals surface area contributed by atoms with Crippen molar-refractivity contribution in [3.05, 3.63) is 0 Å². The topological polar surface area (TPSA) is 32.6 Å². The highest BCUT2D eigenvalue weighted by Gasteiger charge is 2.13. The van der Waals surface area contributed by atoms with E-state index in [0.29, 0.717) is 6.54 Å². The third-order valence-electron chi connectivity index (χ3n) is 1.88. The van der Waals surface area contributed by atoms with Gasteiger partial charge in [-0.2, -0.15) is 0 Å². The van der Waals surface area contributed by atoms with E-state index in [-0.39, 0.29) is 6.29 Å². The molecule has 0 spiro atoms. The molecule has 1 fully saturated rings. The third-order valence-corrected chi connectivity index (χ3v) is 1.88. The van der Waals surface area contributed by atoms with E-state index < -0.39 is 0 Å². The summed E-state index contributed by atoms with van der Waals surface area (Å²) in [5.41, 5.74) is 0. The monoisotopic (exact) mass is 172 g/mol. The van der Waals surface area contributed by atoms with Crippen molar-refractivity contribution in [2.75, 3.05) is 26.3 Å². The van der Waals surface area contributed by atoms with Gasteiger partial charge in [0.25, 0.3) is 0 Å². The van der Waals surface area contributed by atoms with Crippen LogP contribution < -0.4 is 5.32 Å². The predicted octanol–water partition coefficient (Wildman–Crippen LogP) is 1.15. The summed E-state index contributed by atoms with van der Waals surface area (Å²) in [5, 5.41) is 4.21. The molecule has 0 N–H and O–H groups in total. The van der Waals surface area contributed by atoms with E-state index in [1.165, 1.54) is 12.8 Å². The Morgan fingerprint density at radius 1 is 1.50 bits per heavy atom. The average molecular weight is 172 g/mol.